The van der Waals surface area contributed by atoms with Gasteiger partial charge in [0, 0.05) is 23.3 Å². The SMILES string of the molecule is BrCC1CCN(CCc2cccs2)C1. The molecule has 0 saturated carbocycles. The lowest BCUT2D eigenvalue weighted by atomic mass is 10.2. The van der Waals surface area contributed by atoms with Crippen LogP contribution in [0.15, 0.2) is 17.5 Å². The molecule has 14 heavy (non-hydrogen) atoms. The molecule has 1 aliphatic rings. The fourth-order valence-electron chi connectivity index (χ4n) is 1.97. The van der Waals surface area contributed by atoms with Gasteiger partial charge in [0.05, 0.1) is 0 Å². The minimum Gasteiger partial charge on any atom is -0.303 e. The Kier molecular flexibility index (Phi) is 4.02. The molecule has 3 heteroatoms. The second-order valence-corrected chi connectivity index (χ2v) is 5.62. The molecular formula is C11H16BrNS. The minimum absolute atomic E-state index is 0.887. The van der Waals surface area contributed by atoms with Gasteiger partial charge in [-0.15, -0.1) is 11.3 Å². The summed E-state index contributed by atoms with van der Waals surface area (Å²) in [6.45, 7) is 3.82. The Bertz CT molecular complexity index is 260. The number of halogens is 1. The molecule has 0 aliphatic carbocycles. The van der Waals surface area contributed by atoms with E-state index in [0.717, 1.165) is 5.92 Å². The van der Waals surface area contributed by atoms with E-state index in [9.17, 15) is 0 Å². The minimum atomic E-state index is 0.887. The van der Waals surface area contributed by atoms with E-state index in [4.69, 9.17) is 0 Å². The summed E-state index contributed by atoms with van der Waals surface area (Å²) in [6.07, 6.45) is 2.60. The van der Waals surface area contributed by atoms with Gasteiger partial charge in [0.2, 0.25) is 0 Å². The monoisotopic (exact) mass is 273 g/mol. The summed E-state index contributed by atoms with van der Waals surface area (Å²) in [7, 11) is 0. The Morgan fingerprint density at radius 2 is 2.50 bits per heavy atom. The van der Waals surface area contributed by atoms with E-state index in [2.05, 4.69) is 38.3 Å². The van der Waals surface area contributed by atoms with Gasteiger partial charge in [0.25, 0.3) is 0 Å². The van der Waals surface area contributed by atoms with Gasteiger partial charge >= 0.3 is 0 Å². The van der Waals surface area contributed by atoms with Gasteiger partial charge in [-0.05, 0) is 36.8 Å². The van der Waals surface area contributed by atoms with E-state index >= 15 is 0 Å². The molecule has 0 spiro atoms. The van der Waals surface area contributed by atoms with Crippen molar-refractivity contribution in [3.63, 3.8) is 0 Å². The number of likely N-dealkylation sites (tertiary alicyclic amines) is 1. The zero-order chi connectivity index (χ0) is 9.80. The van der Waals surface area contributed by atoms with Crippen LogP contribution in [-0.4, -0.2) is 29.9 Å². The van der Waals surface area contributed by atoms with E-state index < -0.39 is 0 Å². The fraction of sp³-hybridized carbons (Fsp3) is 0.636. The van der Waals surface area contributed by atoms with Gasteiger partial charge in [0.15, 0.2) is 0 Å². The van der Waals surface area contributed by atoms with Gasteiger partial charge in [-0.1, -0.05) is 22.0 Å². The highest BCUT2D eigenvalue weighted by Crippen LogP contribution is 2.19. The van der Waals surface area contributed by atoms with Crippen molar-refractivity contribution in [2.24, 2.45) is 5.92 Å². The molecule has 1 aromatic heterocycles. The summed E-state index contributed by atoms with van der Waals surface area (Å²) < 4.78 is 0. The van der Waals surface area contributed by atoms with Crippen molar-refractivity contribution in [2.75, 3.05) is 25.0 Å². The van der Waals surface area contributed by atoms with Crippen LogP contribution in [0.4, 0.5) is 0 Å². The zero-order valence-corrected chi connectivity index (χ0v) is 10.7. The van der Waals surface area contributed by atoms with Crippen LogP contribution >= 0.6 is 27.3 Å². The molecule has 1 saturated heterocycles. The fourth-order valence-corrected chi connectivity index (χ4v) is 3.19. The number of nitrogens with zero attached hydrogens (tertiary/aromatic N) is 1. The van der Waals surface area contributed by atoms with Crippen LogP contribution in [0.5, 0.6) is 0 Å². The van der Waals surface area contributed by atoms with E-state index in [0.29, 0.717) is 0 Å². The van der Waals surface area contributed by atoms with E-state index in [-0.39, 0.29) is 0 Å². The lowest BCUT2D eigenvalue weighted by Crippen LogP contribution is -2.23. The number of alkyl halides is 1. The Morgan fingerprint density at radius 3 is 3.14 bits per heavy atom. The van der Waals surface area contributed by atoms with Crippen LogP contribution in [-0.2, 0) is 6.42 Å². The quantitative estimate of drug-likeness (QED) is 0.763. The highest BCUT2D eigenvalue weighted by molar-refractivity contribution is 9.09. The van der Waals surface area contributed by atoms with Crippen molar-refractivity contribution >= 4 is 27.3 Å². The molecule has 0 N–H and O–H groups in total. The third-order valence-electron chi connectivity index (χ3n) is 2.84. The van der Waals surface area contributed by atoms with Gasteiger partial charge in [-0.25, -0.2) is 0 Å². The summed E-state index contributed by atoms with van der Waals surface area (Å²) in [5, 5.41) is 3.34. The van der Waals surface area contributed by atoms with Crippen LogP contribution in [0.25, 0.3) is 0 Å². The number of rotatable bonds is 4. The van der Waals surface area contributed by atoms with Crippen LogP contribution in [0.3, 0.4) is 0 Å². The summed E-state index contributed by atoms with van der Waals surface area (Å²) in [5.41, 5.74) is 0. The van der Waals surface area contributed by atoms with E-state index in [1.165, 1.54) is 42.7 Å². The summed E-state index contributed by atoms with van der Waals surface area (Å²) in [4.78, 5) is 4.11. The first-order chi connectivity index (χ1) is 6.88. The van der Waals surface area contributed by atoms with Crippen LogP contribution < -0.4 is 0 Å². The second-order valence-electron chi connectivity index (χ2n) is 3.94. The van der Waals surface area contributed by atoms with Crippen molar-refractivity contribution in [3.8, 4) is 0 Å². The van der Waals surface area contributed by atoms with E-state index in [1.807, 2.05) is 11.3 Å². The first kappa shape index (κ1) is 10.7. The van der Waals surface area contributed by atoms with Crippen molar-refractivity contribution < 1.29 is 0 Å². The highest BCUT2D eigenvalue weighted by atomic mass is 79.9. The van der Waals surface area contributed by atoms with Crippen LogP contribution in [0, 0.1) is 5.92 Å². The molecule has 1 aliphatic heterocycles. The summed E-state index contributed by atoms with van der Waals surface area (Å²) >= 11 is 5.45. The molecule has 1 unspecified atom stereocenters. The predicted octanol–water partition coefficient (Wildman–Crippen LogP) is 3.01. The number of hydrogen-bond donors (Lipinski definition) is 0. The molecule has 2 heterocycles. The topological polar surface area (TPSA) is 3.24 Å². The Labute approximate surface area is 98.2 Å². The Hall–Kier alpha value is 0.140. The molecule has 1 fully saturated rings. The molecule has 0 bridgehead atoms. The van der Waals surface area contributed by atoms with Crippen molar-refractivity contribution in [1.82, 2.24) is 4.90 Å². The molecule has 2 rings (SSSR count). The average molecular weight is 274 g/mol. The predicted molar refractivity (Wildman–Crippen MR) is 66.4 cm³/mol. The van der Waals surface area contributed by atoms with Crippen molar-refractivity contribution in [2.45, 2.75) is 12.8 Å². The van der Waals surface area contributed by atoms with Crippen molar-refractivity contribution in [1.29, 1.82) is 0 Å². The standard InChI is InChI=1S/C11H16BrNS/c12-8-10-3-5-13(9-10)6-4-11-2-1-7-14-11/h1-2,7,10H,3-6,8-9H2. The van der Waals surface area contributed by atoms with Crippen LogP contribution in [0.1, 0.15) is 11.3 Å². The maximum atomic E-state index is 3.57. The van der Waals surface area contributed by atoms with Gasteiger partial charge in [-0.3, -0.25) is 0 Å². The molecule has 0 radical (unpaired) electrons. The van der Waals surface area contributed by atoms with Gasteiger partial charge < -0.3 is 4.90 Å². The molecule has 0 amide bonds. The molecule has 1 atom stereocenters. The Balaban J connectivity index is 1.72. The highest BCUT2D eigenvalue weighted by Gasteiger charge is 2.20. The van der Waals surface area contributed by atoms with Gasteiger partial charge in [-0.2, -0.15) is 0 Å². The van der Waals surface area contributed by atoms with Crippen LogP contribution in [0.2, 0.25) is 0 Å². The Morgan fingerprint density at radius 1 is 1.57 bits per heavy atom. The first-order valence-electron chi connectivity index (χ1n) is 5.19. The smallest absolute Gasteiger partial charge is 0.00723 e. The van der Waals surface area contributed by atoms with Crippen molar-refractivity contribution in [3.05, 3.63) is 22.4 Å². The maximum Gasteiger partial charge on any atom is 0.00723 e. The number of hydrogen-bond acceptors (Lipinski definition) is 2. The largest absolute Gasteiger partial charge is 0.303 e. The van der Waals surface area contributed by atoms with E-state index in [1.54, 1.807) is 0 Å². The maximum absolute atomic E-state index is 3.57. The molecule has 1 nitrogen and oxygen atoms in total. The molecule has 0 aromatic carbocycles. The zero-order valence-electron chi connectivity index (χ0n) is 8.29. The number of thiophene rings is 1. The molecule has 1 aromatic rings. The average Bonchev–Trinajstić information content (AvgIpc) is 2.86. The molecular weight excluding hydrogens is 258 g/mol. The third kappa shape index (κ3) is 2.81. The van der Waals surface area contributed by atoms with Gasteiger partial charge in [0.1, 0.15) is 0 Å². The third-order valence-corrected chi connectivity index (χ3v) is 4.69. The lowest BCUT2D eigenvalue weighted by Gasteiger charge is -2.14. The molecule has 78 valence electrons. The first-order valence-corrected chi connectivity index (χ1v) is 7.19. The lowest BCUT2D eigenvalue weighted by molar-refractivity contribution is 0.334. The summed E-state index contributed by atoms with van der Waals surface area (Å²) in [5.74, 6) is 0.887. The second kappa shape index (κ2) is 5.29. The summed E-state index contributed by atoms with van der Waals surface area (Å²) in [6, 6.07) is 4.38. The normalized spacial score (nSPS) is 23.1.